The number of amides is 3. The summed E-state index contributed by atoms with van der Waals surface area (Å²) >= 11 is 0. The van der Waals surface area contributed by atoms with Crippen molar-refractivity contribution in [3.05, 3.63) is 29.8 Å². The Morgan fingerprint density at radius 2 is 1.60 bits per heavy atom. The van der Waals surface area contributed by atoms with Crippen LogP contribution in [0.4, 0.5) is 0 Å². The highest BCUT2D eigenvalue weighted by atomic mass is 35.5. The molecular formula is C32H57ClN4O6. The van der Waals surface area contributed by atoms with E-state index in [1.54, 1.807) is 33.3 Å². The molecule has 0 saturated heterocycles. The molecule has 3 amide bonds. The number of carbonyl (C=O) groups excluding carboxylic acids is 3. The highest BCUT2D eigenvalue weighted by molar-refractivity contribution is 5.96. The van der Waals surface area contributed by atoms with E-state index in [9.17, 15) is 19.5 Å². The number of rotatable bonds is 21. The van der Waals surface area contributed by atoms with Gasteiger partial charge in [-0.25, -0.2) is 0 Å². The van der Waals surface area contributed by atoms with Crippen molar-refractivity contribution < 1.29 is 29.0 Å². The second-order valence-electron chi connectivity index (χ2n) is 12.0. The second kappa shape index (κ2) is 22.2. The van der Waals surface area contributed by atoms with Gasteiger partial charge in [0.05, 0.1) is 18.3 Å². The molecule has 11 heteroatoms. The Kier molecular flexibility index (Phi) is 20.9. The SMILES string of the molecule is COCCCCOc1ccccc1C(=O)NC[C@@H](C[C@H](N)[C@@H](O)C[C@H](C(=O)NCCCC(=O)N(C)C)C(C)C)C(C)C.Cl. The summed E-state index contributed by atoms with van der Waals surface area (Å²) in [6, 6.07) is 6.64. The van der Waals surface area contributed by atoms with E-state index in [1.807, 2.05) is 26.0 Å². The molecule has 1 rings (SSSR count). The molecule has 248 valence electrons. The van der Waals surface area contributed by atoms with Gasteiger partial charge in [-0.15, -0.1) is 12.4 Å². The van der Waals surface area contributed by atoms with Crippen LogP contribution in [0, 0.1) is 23.7 Å². The topological polar surface area (TPSA) is 143 Å². The first kappa shape index (κ1) is 40.6. The smallest absolute Gasteiger partial charge is 0.255 e. The maximum atomic E-state index is 13.1. The average Bonchev–Trinajstić information content (AvgIpc) is 2.95. The number of hydrogen-bond acceptors (Lipinski definition) is 7. The monoisotopic (exact) mass is 628 g/mol. The van der Waals surface area contributed by atoms with E-state index in [4.69, 9.17) is 15.2 Å². The first-order chi connectivity index (χ1) is 19.9. The molecule has 0 aromatic heterocycles. The average molecular weight is 629 g/mol. The fraction of sp³-hybridized carbons (Fsp3) is 0.719. The maximum Gasteiger partial charge on any atom is 0.255 e. The normalized spacial score (nSPS) is 13.9. The second-order valence-corrected chi connectivity index (χ2v) is 12.0. The maximum absolute atomic E-state index is 13.1. The summed E-state index contributed by atoms with van der Waals surface area (Å²) in [6.45, 7) is 10.0. The third kappa shape index (κ3) is 15.8. The van der Waals surface area contributed by atoms with Crippen molar-refractivity contribution in [2.75, 3.05) is 47.5 Å². The van der Waals surface area contributed by atoms with Crippen molar-refractivity contribution in [3.63, 3.8) is 0 Å². The molecule has 43 heavy (non-hydrogen) atoms. The Balaban J connectivity index is 0.0000176. The van der Waals surface area contributed by atoms with E-state index >= 15 is 0 Å². The lowest BCUT2D eigenvalue weighted by atomic mass is 9.83. The lowest BCUT2D eigenvalue weighted by molar-refractivity contribution is -0.130. The van der Waals surface area contributed by atoms with Crippen LogP contribution in [0.2, 0.25) is 0 Å². The molecule has 5 N–H and O–H groups in total. The molecule has 0 aliphatic carbocycles. The summed E-state index contributed by atoms with van der Waals surface area (Å²) in [5, 5.41) is 16.9. The number of methoxy groups -OCH3 is 1. The van der Waals surface area contributed by atoms with E-state index in [2.05, 4.69) is 24.5 Å². The molecule has 1 aromatic rings. The lowest BCUT2D eigenvalue weighted by Gasteiger charge is -2.30. The fourth-order valence-corrected chi connectivity index (χ4v) is 4.65. The molecule has 10 nitrogen and oxygen atoms in total. The third-order valence-corrected chi connectivity index (χ3v) is 7.67. The summed E-state index contributed by atoms with van der Waals surface area (Å²) in [4.78, 5) is 39.2. The molecule has 4 atom stereocenters. The zero-order valence-electron chi connectivity index (χ0n) is 27.3. The standard InChI is InChI=1S/C32H56N4O6.ClH/c1-22(2)24(21-35-31(39)25-13-8-9-14-29(25)42-18-11-10-17-41-7)19-27(33)28(37)20-26(23(3)4)32(40)34-16-12-15-30(38)36(5)6;/h8-9,13-14,22-24,26-28,37H,10-12,15-21,33H2,1-7H3,(H,34,40)(H,35,39);1H/t24-,26+,27+,28+;/m1./s1. The predicted molar refractivity (Wildman–Crippen MR) is 173 cm³/mol. The van der Waals surface area contributed by atoms with Gasteiger partial charge in [0.25, 0.3) is 5.91 Å². The van der Waals surface area contributed by atoms with E-state index < -0.39 is 18.1 Å². The van der Waals surface area contributed by atoms with Crippen LogP contribution in [-0.4, -0.2) is 87.4 Å². The van der Waals surface area contributed by atoms with Gasteiger partial charge in [-0.2, -0.15) is 0 Å². The van der Waals surface area contributed by atoms with Gasteiger partial charge in [0, 0.05) is 59.3 Å². The Morgan fingerprint density at radius 3 is 2.21 bits per heavy atom. The number of aliphatic hydroxyl groups is 1. The fourth-order valence-electron chi connectivity index (χ4n) is 4.65. The zero-order valence-corrected chi connectivity index (χ0v) is 28.1. The first-order valence-electron chi connectivity index (χ1n) is 15.3. The number of para-hydroxylation sites is 1. The predicted octanol–water partition coefficient (Wildman–Crippen LogP) is 3.64. The quantitative estimate of drug-likeness (QED) is 0.152. The van der Waals surface area contributed by atoms with Crippen LogP contribution < -0.4 is 21.1 Å². The number of nitrogens with zero attached hydrogens (tertiary/aromatic N) is 1. The Hall–Kier alpha value is -2.40. The molecule has 0 aliphatic heterocycles. The van der Waals surface area contributed by atoms with Gasteiger partial charge >= 0.3 is 0 Å². The van der Waals surface area contributed by atoms with Crippen LogP contribution in [0.3, 0.4) is 0 Å². The van der Waals surface area contributed by atoms with Crippen LogP contribution in [-0.2, 0) is 14.3 Å². The Morgan fingerprint density at radius 1 is 0.953 bits per heavy atom. The minimum Gasteiger partial charge on any atom is -0.493 e. The van der Waals surface area contributed by atoms with Gasteiger partial charge in [0.1, 0.15) is 5.75 Å². The molecule has 0 radical (unpaired) electrons. The van der Waals surface area contributed by atoms with Crippen LogP contribution in [0.1, 0.15) is 76.6 Å². The van der Waals surface area contributed by atoms with E-state index in [1.165, 1.54) is 4.90 Å². The van der Waals surface area contributed by atoms with Crippen molar-refractivity contribution >= 4 is 30.1 Å². The molecule has 0 fully saturated rings. The van der Waals surface area contributed by atoms with Gasteiger partial charge in [-0.3, -0.25) is 14.4 Å². The molecule has 0 bridgehead atoms. The summed E-state index contributed by atoms with van der Waals surface area (Å²) in [5.74, 6) is 0.0609. The number of benzene rings is 1. The molecule has 1 aromatic carbocycles. The van der Waals surface area contributed by atoms with Gasteiger partial charge in [-0.1, -0.05) is 39.8 Å². The lowest BCUT2D eigenvalue weighted by Crippen LogP contribution is -2.44. The molecule has 0 saturated carbocycles. The van der Waals surface area contributed by atoms with Crippen molar-refractivity contribution in [3.8, 4) is 5.75 Å². The minimum absolute atomic E-state index is 0. The number of unbranched alkanes of at least 4 members (excludes halogenated alkanes) is 1. The van der Waals surface area contributed by atoms with Crippen molar-refractivity contribution in [2.24, 2.45) is 29.4 Å². The number of carbonyl (C=O) groups is 3. The molecule has 0 heterocycles. The van der Waals surface area contributed by atoms with Crippen LogP contribution in [0.5, 0.6) is 5.75 Å². The van der Waals surface area contributed by atoms with Crippen LogP contribution in [0.15, 0.2) is 24.3 Å². The van der Waals surface area contributed by atoms with Crippen LogP contribution in [0.25, 0.3) is 0 Å². The number of aliphatic hydroxyl groups excluding tert-OH is 1. The van der Waals surface area contributed by atoms with Crippen molar-refractivity contribution in [1.29, 1.82) is 0 Å². The molecule has 0 aliphatic rings. The highest BCUT2D eigenvalue weighted by Crippen LogP contribution is 2.24. The Bertz CT molecular complexity index is 946. The van der Waals surface area contributed by atoms with Crippen molar-refractivity contribution in [1.82, 2.24) is 15.5 Å². The Labute approximate surface area is 265 Å². The summed E-state index contributed by atoms with van der Waals surface area (Å²) < 4.78 is 10.9. The number of halogens is 1. The van der Waals surface area contributed by atoms with E-state index in [0.717, 1.165) is 12.8 Å². The van der Waals surface area contributed by atoms with Crippen LogP contribution >= 0.6 is 12.4 Å². The van der Waals surface area contributed by atoms with E-state index in [-0.39, 0.29) is 54.3 Å². The van der Waals surface area contributed by atoms with E-state index in [0.29, 0.717) is 56.9 Å². The molecule has 0 spiro atoms. The van der Waals surface area contributed by atoms with Gasteiger partial charge in [-0.05, 0) is 62.0 Å². The molecule has 0 unspecified atom stereocenters. The third-order valence-electron chi connectivity index (χ3n) is 7.67. The van der Waals surface area contributed by atoms with Gasteiger partial charge in [0.15, 0.2) is 0 Å². The number of hydrogen-bond donors (Lipinski definition) is 4. The number of nitrogens with two attached hydrogens (primary N) is 1. The first-order valence-corrected chi connectivity index (χ1v) is 15.3. The van der Waals surface area contributed by atoms with Crippen molar-refractivity contribution in [2.45, 2.75) is 78.4 Å². The van der Waals surface area contributed by atoms with Gasteiger partial charge in [0.2, 0.25) is 11.8 Å². The summed E-state index contributed by atoms with van der Waals surface area (Å²) in [7, 11) is 5.09. The largest absolute Gasteiger partial charge is 0.493 e. The summed E-state index contributed by atoms with van der Waals surface area (Å²) in [6.07, 6.45) is 2.51. The number of nitrogens with one attached hydrogen (secondary N) is 2. The number of ether oxygens (including phenoxy) is 2. The summed E-state index contributed by atoms with van der Waals surface area (Å²) in [5.41, 5.74) is 6.93. The highest BCUT2D eigenvalue weighted by Gasteiger charge is 2.30. The van der Waals surface area contributed by atoms with Gasteiger partial charge < -0.3 is 35.8 Å². The zero-order chi connectivity index (χ0) is 31.7. The molecular weight excluding hydrogens is 572 g/mol. The minimum atomic E-state index is -0.873.